The van der Waals surface area contributed by atoms with Crippen LogP contribution in [0.5, 0.6) is 0 Å². The molecule has 0 aliphatic rings. The predicted octanol–water partition coefficient (Wildman–Crippen LogP) is 4.15. The van der Waals surface area contributed by atoms with Crippen molar-refractivity contribution < 1.29 is 14.4 Å². The number of carbonyl (C=O) groups excluding carboxylic acids is 1. The third kappa shape index (κ3) is 2.83. The van der Waals surface area contributed by atoms with Crippen molar-refractivity contribution in [1.82, 2.24) is 5.06 Å². The third-order valence-corrected chi connectivity index (χ3v) is 3.81. The van der Waals surface area contributed by atoms with E-state index in [0.29, 0.717) is 19.4 Å². The first-order valence-corrected chi connectivity index (χ1v) is 7.58. The molecule has 22 heavy (non-hydrogen) atoms. The first kappa shape index (κ1) is 14.6. The number of carbonyl (C=O) groups is 1. The van der Waals surface area contributed by atoms with Gasteiger partial charge in [-0.3, -0.25) is 10.0 Å². The SMILES string of the molecule is CCCC(=O)N(O)CCc1ccc2c(c1)oc1ccccc12. The van der Waals surface area contributed by atoms with Gasteiger partial charge in [-0.2, -0.15) is 0 Å². The molecule has 0 atom stereocenters. The molecule has 1 amide bonds. The molecule has 3 rings (SSSR count). The predicted molar refractivity (Wildman–Crippen MR) is 85.8 cm³/mol. The Labute approximate surface area is 128 Å². The number of para-hydroxylation sites is 1. The standard InChI is InChI=1S/C18H19NO3/c1-2-5-18(20)19(21)11-10-13-8-9-15-14-6-3-4-7-16(14)22-17(15)12-13/h3-4,6-9,12,21H,2,5,10-11H2,1H3. The lowest BCUT2D eigenvalue weighted by Crippen LogP contribution is -2.29. The molecule has 0 saturated heterocycles. The fourth-order valence-corrected chi connectivity index (χ4v) is 2.63. The van der Waals surface area contributed by atoms with Gasteiger partial charge in [-0.05, 0) is 30.5 Å². The van der Waals surface area contributed by atoms with E-state index < -0.39 is 0 Å². The van der Waals surface area contributed by atoms with Gasteiger partial charge in [0.2, 0.25) is 5.91 Å². The maximum absolute atomic E-state index is 11.6. The Kier molecular flexibility index (Phi) is 4.11. The lowest BCUT2D eigenvalue weighted by atomic mass is 10.1. The molecule has 0 unspecified atom stereocenters. The quantitative estimate of drug-likeness (QED) is 0.568. The molecule has 0 aliphatic heterocycles. The minimum absolute atomic E-state index is 0.229. The smallest absolute Gasteiger partial charge is 0.245 e. The van der Waals surface area contributed by atoms with E-state index in [9.17, 15) is 10.0 Å². The lowest BCUT2D eigenvalue weighted by molar-refractivity contribution is -0.165. The van der Waals surface area contributed by atoms with Gasteiger partial charge in [-0.25, -0.2) is 5.06 Å². The van der Waals surface area contributed by atoms with Crippen molar-refractivity contribution in [3.05, 3.63) is 48.0 Å². The Morgan fingerprint density at radius 2 is 1.91 bits per heavy atom. The molecule has 4 nitrogen and oxygen atoms in total. The summed E-state index contributed by atoms with van der Waals surface area (Å²) in [7, 11) is 0. The highest BCUT2D eigenvalue weighted by molar-refractivity contribution is 6.04. The summed E-state index contributed by atoms with van der Waals surface area (Å²) in [5.74, 6) is -0.229. The summed E-state index contributed by atoms with van der Waals surface area (Å²) in [4.78, 5) is 11.6. The van der Waals surface area contributed by atoms with Crippen LogP contribution < -0.4 is 0 Å². The van der Waals surface area contributed by atoms with Crippen LogP contribution in [0.3, 0.4) is 0 Å². The Balaban J connectivity index is 1.78. The van der Waals surface area contributed by atoms with E-state index in [1.54, 1.807) is 0 Å². The number of rotatable bonds is 5. The fourth-order valence-electron chi connectivity index (χ4n) is 2.63. The van der Waals surface area contributed by atoms with Gasteiger partial charge in [0.15, 0.2) is 0 Å². The maximum atomic E-state index is 11.6. The molecule has 4 heteroatoms. The van der Waals surface area contributed by atoms with Gasteiger partial charge in [0.1, 0.15) is 11.2 Å². The van der Waals surface area contributed by atoms with Crippen molar-refractivity contribution in [2.24, 2.45) is 0 Å². The molecule has 0 fully saturated rings. The van der Waals surface area contributed by atoms with Gasteiger partial charge in [0.25, 0.3) is 0 Å². The second-order valence-corrected chi connectivity index (χ2v) is 5.45. The highest BCUT2D eigenvalue weighted by Crippen LogP contribution is 2.29. The first-order chi connectivity index (χ1) is 10.7. The number of hydrogen-bond acceptors (Lipinski definition) is 3. The summed E-state index contributed by atoms with van der Waals surface area (Å²) >= 11 is 0. The topological polar surface area (TPSA) is 53.7 Å². The molecule has 1 aromatic heterocycles. The summed E-state index contributed by atoms with van der Waals surface area (Å²) < 4.78 is 5.84. The van der Waals surface area contributed by atoms with Crippen LogP contribution in [0.15, 0.2) is 46.9 Å². The van der Waals surface area contributed by atoms with Gasteiger partial charge in [-0.1, -0.05) is 37.3 Å². The molecule has 114 valence electrons. The van der Waals surface area contributed by atoms with Crippen molar-refractivity contribution in [3.63, 3.8) is 0 Å². The van der Waals surface area contributed by atoms with Crippen LogP contribution in [-0.2, 0) is 11.2 Å². The summed E-state index contributed by atoms with van der Waals surface area (Å²) in [6, 6.07) is 14.0. The van der Waals surface area contributed by atoms with Crippen molar-refractivity contribution in [1.29, 1.82) is 0 Å². The summed E-state index contributed by atoms with van der Waals surface area (Å²) in [5.41, 5.74) is 2.74. The molecule has 0 bridgehead atoms. The van der Waals surface area contributed by atoms with E-state index >= 15 is 0 Å². The van der Waals surface area contributed by atoms with E-state index in [0.717, 1.165) is 39.0 Å². The Morgan fingerprint density at radius 1 is 1.14 bits per heavy atom. The number of furan rings is 1. The minimum Gasteiger partial charge on any atom is -0.456 e. The van der Waals surface area contributed by atoms with E-state index in [1.807, 2.05) is 49.4 Å². The molecule has 0 radical (unpaired) electrons. The minimum atomic E-state index is -0.229. The van der Waals surface area contributed by atoms with Gasteiger partial charge in [-0.15, -0.1) is 0 Å². The molecule has 2 aromatic carbocycles. The zero-order valence-corrected chi connectivity index (χ0v) is 12.6. The van der Waals surface area contributed by atoms with E-state index in [4.69, 9.17) is 4.42 Å². The molecule has 0 saturated carbocycles. The molecule has 3 aromatic rings. The zero-order chi connectivity index (χ0) is 15.5. The normalized spacial score (nSPS) is 11.2. The van der Waals surface area contributed by atoms with Crippen LogP contribution in [0, 0.1) is 0 Å². The number of amides is 1. The monoisotopic (exact) mass is 297 g/mol. The van der Waals surface area contributed by atoms with Gasteiger partial charge in [0.05, 0.1) is 6.54 Å². The maximum Gasteiger partial charge on any atom is 0.245 e. The Morgan fingerprint density at radius 3 is 2.73 bits per heavy atom. The highest BCUT2D eigenvalue weighted by Gasteiger charge is 2.11. The Hall–Kier alpha value is -2.33. The van der Waals surface area contributed by atoms with Crippen LogP contribution in [0.4, 0.5) is 0 Å². The average molecular weight is 297 g/mol. The van der Waals surface area contributed by atoms with E-state index in [1.165, 1.54) is 0 Å². The van der Waals surface area contributed by atoms with Crippen molar-refractivity contribution in [2.75, 3.05) is 6.54 Å². The van der Waals surface area contributed by atoms with Gasteiger partial charge >= 0.3 is 0 Å². The fraction of sp³-hybridized carbons (Fsp3) is 0.278. The highest BCUT2D eigenvalue weighted by atomic mass is 16.5. The number of hydroxylamine groups is 2. The second-order valence-electron chi connectivity index (χ2n) is 5.45. The van der Waals surface area contributed by atoms with Crippen molar-refractivity contribution >= 4 is 27.8 Å². The van der Waals surface area contributed by atoms with Gasteiger partial charge in [0, 0.05) is 17.2 Å². The zero-order valence-electron chi connectivity index (χ0n) is 12.6. The largest absolute Gasteiger partial charge is 0.456 e. The Bertz CT molecular complexity index is 806. The average Bonchev–Trinajstić information content (AvgIpc) is 2.90. The van der Waals surface area contributed by atoms with Crippen LogP contribution in [0.2, 0.25) is 0 Å². The molecule has 1 heterocycles. The van der Waals surface area contributed by atoms with Crippen LogP contribution in [0.25, 0.3) is 21.9 Å². The number of benzene rings is 2. The van der Waals surface area contributed by atoms with Crippen LogP contribution in [0.1, 0.15) is 25.3 Å². The van der Waals surface area contributed by atoms with E-state index in [-0.39, 0.29) is 5.91 Å². The number of hydrogen-bond donors (Lipinski definition) is 1. The second kappa shape index (κ2) is 6.20. The summed E-state index contributed by atoms with van der Waals surface area (Å²) in [6.07, 6.45) is 1.71. The molecule has 0 spiro atoms. The van der Waals surface area contributed by atoms with Gasteiger partial charge < -0.3 is 4.42 Å². The van der Waals surface area contributed by atoms with E-state index in [2.05, 4.69) is 0 Å². The van der Waals surface area contributed by atoms with Crippen molar-refractivity contribution in [3.8, 4) is 0 Å². The molecular weight excluding hydrogens is 278 g/mol. The third-order valence-electron chi connectivity index (χ3n) is 3.81. The number of fused-ring (bicyclic) bond motifs is 3. The lowest BCUT2D eigenvalue weighted by Gasteiger charge is -2.14. The summed E-state index contributed by atoms with van der Waals surface area (Å²) in [5, 5.41) is 12.7. The summed E-state index contributed by atoms with van der Waals surface area (Å²) in [6.45, 7) is 2.21. The molecule has 0 aliphatic carbocycles. The van der Waals surface area contributed by atoms with Crippen molar-refractivity contribution in [2.45, 2.75) is 26.2 Å². The molecular formula is C18H19NO3. The number of nitrogens with zero attached hydrogens (tertiary/aromatic N) is 1. The van der Waals surface area contributed by atoms with Crippen LogP contribution in [-0.4, -0.2) is 22.7 Å². The first-order valence-electron chi connectivity index (χ1n) is 7.58. The molecule has 1 N–H and O–H groups in total. The van der Waals surface area contributed by atoms with Crippen LogP contribution >= 0.6 is 0 Å².